The van der Waals surface area contributed by atoms with Crippen LogP contribution in [-0.2, 0) is 0 Å². The molecule has 100 valence electrons. The highest BCUT2D eigenvalue weighted by molar-refractivity contribution is 6.05. The van der Waals surface area contributed by atoms with Gasteiger partial charge in [-0.15, -0.1) is 0 Å². The van der Waals surface area contributed by atoms with Crippen molar-refractivity contribution in [2.24, 2.45) is 0 Å². The lowest BCUT2D eigenvalue weighted by Gasteiger charge is -2.07. The summed E-state index contributed by atoms with van der Waals surface area (Å²) < 4.78 is 5.22. The number of aromatic nitrogens is 2. The fraction of sp³-hybridized carbons (Fsp3) is 0.357. The zero-order chi connectivity index (χ0) is 14.0. The van der Waals surface area contributed by atoms with E-state index in [1.54, 1.807) is 19.2 Å². The van der Waals surface area contributed by atoms with E-state index in [1.807, 2.05) is 26.8 Å². The molecule has 0 aromatic carbocycles. The van der Waals surface area contributed by atoms with Gasteiger partial charge in [-0.1, -0.05) is 19.0 Å². The Morgan fingerprint density at radius 1 is 1.37 bits per heavy atom. The summed E-state index contributed by atoms with van der Waals surface area (Å²) >= 11 is 0. The van der Waals surface area contributed by atoms with Gasteiger partial charge in [0.1, 0.15) is 5.56 Å². The Hall–Kier alpha value is -2.17. The van der Waals surface area contributed by atoms with Crippen molar-refractivity contribution >= 4 is 11.6 Å². The summed E-state index contributed by atoms with van der Waals surface area (Å²) in [5, 5.41) is 6.71. The van der Waals surface area contributed by atoms with Crippen molar-refractivity contribution in [3.63, 3.8) is 0 Å². The lowest BCUT2D eigenvalue weighted by atomic mass is 10.0. The molecule has 2 heterocycles. The van der Waals surface area contributed by atoms with Gasteiger partial charge < -0.3 is 9.84 Å². The SMILES string of the molecule is Cc1cc(NC(=O)c2c(C)noc2C(C)C)ccn1. The second-order valence-corrected chi connectivity index (χ2v) is 4.80. The minimum absolute atomic E-state index is 0.112. The zero-order valence-corrected chi connectivity index (χ0v) is 11.5. The molecule has 2 rings (SSSR count). The second-order valence-electron chi connectivity index (χ2n) is 4.80. The summed E-state index contributed by atoms with van der Waals surface area (Å²) in [6, 6.07) is 3.57. The maximum Gasteiger partial charge on any atom is 0.261 e. The Labute approximate surface area is 112 Å². The van der Waals surface area contributed by atoms with Crippen LogP contribution >= 0.6 is 0 Å². The van der Waals surface area contributed by atoms with Gasteiger partial charge >= 0.3 is 0 Å². The molecule has 5 heteroatoms. The van der Waals surface area contributed by atoms with Crippen molar-refractivity contribution in [2.75, 3.05) is 5.32 Å². The lowest BCUT2D eigenvalue weighted by Crippen LogP contribution is -2.15. The molecule has 0 radical (unpaired) electrons. The minimum Gasteiger partial charge on any atom is -0.360 e. The van der Waals surface area contributed by atoms with Crippen LogP contribution in [-0.4, -0.2) is 16.0 Å². The van der Waals surface area contributed by atoms with Gasteiger partial charge in [-0.05, 0) is 26.0 Å². The predicted molar refractivity (Wildman–Crippen MR) is 72.3 cm³/mol. The topological polar surface area (TPSA) is 68.0 Å². The Bertz CT molecular complexity index is 602. The van der Waals surface area contributed by atoms with Crippen LogP contribution in [0.25, 0.3) is 0 Å². The number of nitrogens with zero attached hydrogens (tertiary/aromatic N) is 2. The number of aryl methyl sites for hydroxylation is 2. The predicted octanol–water partition coefficient (Wildman–Crippen LogP) is 3.06. The molecule has 1 N–H and O–H groups in total. The van der Waals surface area contributed by atoms with Crippen molar-refractivity contribution in [1.82, 2.24) is 10.1 Å². The smallest absolute Gasteiger partial charge is 0.261 e. The molecule has 2 aromatic heterocycles. The second kappa shape index (κ2) is 5.22. The lowest BCUT2D eigenvalue weighted by molar-refractivity contribution is 0.102. The maximum atomic E-state index is 12.3. The third-order valence-electron chi connectivity index (χ3n) is 2.80. The van der Waals surface area contributed by atoms with Gasteiger partial charge in [0, 0.05) is 23.5 Å². The first kappa shape index (κ1) is 13.3. The zero-order valence-electron chi connectivity index (χ0n) is 11.5. The van der Waals surface area contributed by atoms with Crippen molar-refractivity contribution in [3.8, 4) is 0 Å². The van der Waals surface area contributed by atoms with Gasteiger partial charge in [0.15, 0.2) is 5.76 Å². The number of hydrogen-bond acceptors (Lipinski definition) is 4. The van der Waals surface area contributed by atoms with E-state index in [2.05, 4.69) is 15.5 Å². The van der Waals surface area contributed by atoms with E-state index < -0.39 is 0 Å². The van der Waals surface area contributed by atoms with Gasteiger partial charge in [-0.2, -0.15) is 0 Å². The highest BCUT2D eigenvalue weighted by Crippen LogP contribution is 2.23. The number of hydrogen-bond donors (Lipinski definition) is 1. The molecular formula is C14H17N3O2. The summed E-state index contributed by atoms with van der Waals surface area (Å²) in [4.78, 5) is 16.4. The Balaban J connectivity index is 2.28. The molecule has 0 saturated carbocycles. The number of carbonyl (C=O) groups is 1. The van der Waals surface area contributed by atoms with Crippen molar-refractivity contribution in [3.05, 3.63) is 41.0 Å². The highest BCUT2D eigenvalue weighted by Gasteiger charge is 2.22. The molecule has 0 aliphatic carbocycles. The van der Waals surface area contributed by atoms with Crippen LogP contribution in [0.5, 0.6) is 0 Å². The molecule has 0 bridgehead atoms. The summed E-state index contributed by atoms with van der Waals surface area (Å²) in [6.07, 6.45) is 1.66. The van der Waals surface area contributed by atoms with E-state index in [9.17, 15) is 4.79 Å². The normalized spacial score (nSPS) is 10.8. The summed E-state index contributed by atoms with van der Waals surface area (Å²) in [5.41, 5.74) is 2.69. The van der Waals surface area contributed by atoms with Crippen LogP contribution in [0, 0.1) is 13.8 Å². The molecule has 0 atom stereocenters. The van der Waals surface area contributed by atoms with E-state index in [4.69, 9.17) is 4.52 Å². The van der Waals surface area contributed by atoms with E-state index in [0.717, 1.165) is 5.69 Å². The molecule has 0 aliphatic rings. The van der Waals surface area contributed by atoms with Crippen molar-refractivity contribution < 1.29 is 9.32 Å². The van der Waals surface area contributed by atoms with Crippen molar-refractivity contribution in [1.29, 1.82) is 0 Å². The molecule has 0 unspecified atom stereocenters. The van der Waals surface area contributed by atoms with Crippen LogP contribution in [0.15, 0.2) is 22.9 Å². The fourth-order valence-electron chi connectivity index (χ4n) is 1.87. The molecule has 0 aliphatic heterocycles. The summed E-state index contributed by atoms with van der Waals surface area (Å²) in [5.74, 6) is 0.523. The third kappa shape index (κ3) is 2.81. The minimum atomic E-state index is -0.201. The maximum absolute atomic E-state index is 12.3. The van der Waals surface area contributed by atoms with Crippen LogP contribution < -0.4 is 5.32 Å². The first-order valence-corrected chi connectivity index (χ1v) is 6.19. The van der Waals surface area contributed by atoms with Gasteiger partial charge in [-0.25, -0.2) is 0 Å². The molecule has 2 aromatic rings. The number of anilines is 1. The monoisotopic (exact) mass is 259 g/mol. The molecule has 1 amide bonds. The average Bonchev–Trinajstić information content (AvgIpc) is 2.71. The van der Waals surface area contributed by atoms with Crippen molar-refractivity contribution in [2.45, 2.75) is 33.6 Å². The van der Waals surface area contributed by atoms with Gasteiger partial charge in [0.05, 0.1) is 5.69 Å². The number of amides is 1. The van der Waals surface area contributed by atoms with Gasteiger partial charge in [-0.3, -0.25) is 9.78 Å². The molecule has 0 fully saturated rings. The fourth-order valence-corrected chi connectivity index (χ4v) is 1.87. The Morgan fingerprint density at radius 2 is 2.11 bits per heavy atom. The van der Waals surface area contributed by atoms with E-state index in [0.29, 0.717) is 22.7 Å². The summed E-state index contributed by atoms with van der Waals surface area (Å²) in [7, 11) is 0. The quantitative estimate of drug-likeness (QED) is 0.919. The first-order valence-electron chi connectivity index (χ1n) is 6.19. The standard InChI is InChI=1S/C14H17N3O2/c1-8(2)13-12(10(4)17-19-13)14(18)16-11-5-6-15-9(3)7-11/h5-8H,1-4H3,(H,15,16,18). The Kier molecular flexibility index (Phi) is 3.64. The highest BCUT2D eigenvalue weighted by atomic mass is 16.5. The number of carbonyl (C=O) groups excluding carboxylic acids is 1. The van der Waals surface area contributed by atoms with E-state index >= 15 is 0 Å². The van der Waals surface area contributed by atoms with Crippen LogP contribution in [0.1, 0.15) is 47.3 Å². The average molecular weight is 259 g/mol. The molecule has 19 heavy (non-hydrogen) atoms. The van der Waals surface area contributed by atoms with Gasteiger partial charge in [0.2, 0.25) is 0 Å². The molecule has 0 saturated heterocycles. The number of rotatable bonds is 3. The molecule has 5 nitrogen and oxygen atoms in total. The number of nitrogens with one attached hydrogen (secondary N) is 1. The van der Waals surface area contributed by atoms with Gasteiger partial charge in [0.25, 0.3) is 5.91 Å². The van der Waals surface area contributed by atoms with Crippen LogP contribution in [0.4, 0.5) is 5.69 Å². The first-order chi connectivity index (χ1) is 8.99. The van der Waals surface area contributed by atoms with E-state index in [1.165, 1.54) is 0 Å². The Morgan fingerprint density at radius 3 is 2.74 bits per heavy atom. The summed E-state index contributed by atoms with van der Waals surface area (Å²) in [6.45, 7) is 7.57. The third-order valence-corrected chi connectivity index (χ3v) is 2.80. The largest absolute Gasteiger partial charge is 0.360 e. The number of pyridine rings is 1. The van der Waals surface area contributed by atoms with Crippen LogP contribution in [0.3, 0.4) is 0 Å². The molecule has 0 spiro atoms. The van der Waals surface area contributed by atoms with Crippen LogP contribution in [0.2, 0.25) is 0 Å². The molecular weight excluding hydrogens is 242 g/mol. The van der Waals surface area contributed by atoms with E-state index in [-0.39, 0.29) is 11.8 Å².